The van der Waals surface area contributed by atoms with Crippen molar-refractivity contribution in [3.8, 4) is 5.75 Å². The molecule has 0 aromatic heterocycles. The minimum absolute atomic E-state index is 0.149. The highest BCUT2D eigenvalue weighted by Gasteiger charge is 2.31. The first-order valence-electron chi connectivity index (χ1n) is 5.77. The molecule has 108 valence electrons. The van der Waals surface area contributed by atoms with E-state index in [1.165, 1.54) is 12.1 Å². The van der Waals surface area contributed by atoms with Crippen molar-refractivity contribution in [1.82, 2.24) is 10.6 Å². The maximum Gasteiger partial charge on any atom is 0.573 e. The monoisotopic (exact) mass is 288 g/mol. The Balaban J connectivity index is 1.95. The molecule has 1 aliphatic rings. The van der Waals surface area contributed by atoms with Gasteiger partial charge in [0.25, 0.3) is 5.91 Å². The third-order valence-electron chi connectivity index (χ3n) is 2.66. The summed E-state index contributed by atoms with van der Waals surface area (Å²) in [5.41, 5.74) is 0.193. The third-order valence-corrected chi connectivity index (χ3v) is 2.66. The number of alkyl halides is 3. The van der Waals surface area contributed by atoms with Gasteiger partial charge in [-0.15, -0.1) is 13.2 Å². The van der Waals surface area contributed by atoms with Crippen LogP contribution in [0.25, 0.3) is 0 Å². The van der Waals surface area contributed by atoms with Gasteiger partial charge in [-0.2, -0.15) is 0 Å². The molecule has 1 aliphatic heterocycles. The van der Waals surface area contributed by atoms with Crippen LogP contribution in [-0.4, -0.2) is 30.8 Å². The molecule has 2 amide bonds. The highest BCUT2D eigenvalue weighted by Crippen LogP contribution is 2.22. The Morgan fingerprint density at radius 1 is 1.30 bits per heavy atom. The van der Waals surface area contributed by atoms with Crippen molar-refractivity contribution >= 4 is 11.8 Å². The number of ether oxygens (including phenoxy) is 1. The fourth-order valence-electron chi connectivity index (χ4n) is 1.78. The van der Waals surface area contributed by atoms with Crippen molar-refractivity contribution in [2.75, 3.05) is 6.54 Å². The normalized spacial score (nSPS) is 18.6. The van der Waals surface area contributed by atoms with Gasteiger partial charge in [0.2, 0.25) is 5.91 Å². The van der Waals surface area contributed by atoms with Crippen LogP contribution in [0.2, 0.25) is 0 Å². The molecule has 2 rings (SSSR count). The Bertz CT molecular complexity index is 514. The zero-order valence-electron chi connectivity index (χ0n) is 10.2. The Morgan fingerprint density at radius 3 is 2.45 bits per heavy atom. The Morgan fingerprint density at radius 2 is 1.95 bits per heavy atom. The van der Waals surface area contributed by atoms with Crippen LogP contribution in [-0.2, 0) is 4.79 Å². The SMILES string of the molecule is O=C1C[C@H](NC(=O)c2ccc(OC(F)(F)F)cc2)CN1. The molecule has 0 saturated carbocycles. The van der Waals surface area contributed by atoms with Gasteiger partial charge in [-0.05, 0) is 24.3 Å². The second-order valence-electron chi connectivity index (χ2n) is 4.25. The molecule has 1 saturated heterocycles. The number of benzene rings is 1. The molecule has 1 aromatic rings. The average Bonchev–Trinajstić information content (AvgIpc) is 2.73. The van der Waals surface area contributed by atoms with Gasteiger partial charge < -0.3 is 15.4 Å². The number of carbonyl (C=O) groups is 2. The molecule has 1 fully saturated rings. The largest absolute Gasteiger partial charge is 0.573 e. The number of hydrogen-bond donors (Lipinski definition) is 2. The van der Waals surface area contributed by atoms with E-state index in [4.69, 9.17) is 0 Å². The lowest BCUT2D eigenvalue weighted by Crippen LogP contribution is -2.36. The quantitative estimate of drug-likeness (QED) is 0.878. The molecule has 0 bridgehead atoms. The molecule has 1 atom stereocenters. The molecule has 1 heterocycles. The Labute approximate surface area is 112 Å². The topological polar surface area (TPSA) is 67.4 Å². The number of halogens is 3. The van der Waals surface area contributed by atoms with Crippen molar-refractivity contribution < 1.29 is 27.5 Å². The van der Waals surface area contributed by atoms with Crippen molar-refractivity contribution in [3.05, 3.63) is 29.8 Å². The van der Waals surface area contributed by atoms with E-state index in [1.807, 2.05) is 0 Å². The van der Waals surface area contributed by atoms with Crippen molar-refractivity contribution in [3.63, 3.8) is 0 Å². The number of amides is 2. The van der Waals surface area contributed by atoms with Crippen LogP contribution >= 0.6 is 0 Å². The summed E-state index contributed by atoms with van der Waals surface area (Å²) in [6, 6.07) is 4.25. The van der Waals surface area contributed by atoms with Crippen LogP contribution in [0.15, 0.2) is 24.3 Å². The van der Waals surface area contributed by atoms with E-state index in [0.717, 1.165) is 12.1 Å². The predicted molar refractivity (Wildman–Crippen MR) is 62.0 cm³/mol. The highest BCUT2D eigenvalue weighted by atomic mass is 19.4. The zero-order chi connectivity index (χ0) is 14.8. The highest BCUT2D eigenvalue weighted by molar-refractivity contribution is 5.95. The van der Waals surface area contributed by atoms with Gasteiger partial charge in [-0.3, -0.25) is 9.59 Å². The number of nitrogens with one attached hydrogen (secondary N) is 2. The van der Waals surface area contributed by atoms with Crippen LogP contribution < -0.4 is 15.4 Å². The molecular formula is C12H11F3N2O3. The first-order chi connectivity index (χ1) is 9.33. The summed E-state index contributed by atoms with van der Waals surface area (Å²) >= 11 is 0. The summed E-state index contributed by atoms with van der Waals surface area (Å²) < 4.78 is 39.6. The van der Waals surface area contributed by atoms with Crippen LogP contribution in [0, 0.1) is 0 Å². The van der Waals surface area contributed by atoms with E-state index in [1.54, 1.807) is 0 Å². The molecule has 5 nitrogen and oxygen atoms in total. The third kappa shape index (κ3) is 3.87. The molecule has 0 unspecified atom stereocenters. The summed E-state index contributed by atoms with van der Waals surface area (Å²) in [5.74, 6) is -0.999. The first-order valence-corrected chi connectivity index (χ1v) is 5.77. The molecule has 2 N–H and O–H groups in total. The predicted octanol–water partition coefficient (Wildman–Crippen LogP) is 1.20. The zero-order valence-corrected chi connectivity index (χ0v) is 10.2. The lowest BCUT2D eigenvalue weighted by atomic mass is 10.2. The van der Waals surface area contributed by atoms with E-state index < -0.39 is 18.0 Å². The maximum atomic E-state index is 12.0. The number of rotatable bonds is 3. The lowest BCUT2D eigenvalue weighted by molar-refractivity contribution is -0.274. The molecule has 0 radical (unpaired) electrons. The first kappa shape index (κ1) is 14.2. The Hall–Kier alpha value is -2.25. The fourth-order valence-corrected chi connectivity index (χ4v) is 1.78. The van der Waals surface area contributed by atoms with Gasteiger partial charge in [0.05, 0.1) is 6.04 Å². The average molecular weight is 288 g/mol. The minimum atomic E-state index is -4.76. The van der Waals surface area contributed by atoms with Gasteiger partial charge in [0, 0.05) is 18.5 Å². The number of carbonyl (C=O) groups excluding carboxylic acids is 2. The van der Waals surface area contributed by atoms with Gasteiger partial charge in [-0.1, -0.05) is 0 Å². The van der Waals surface area contributed by atoms with Crippen molar-refractivity contribution in [1.29, 1.82) is 0 Å². The van der Waals surface area contributed by atoms with E-state index in [2.05, 4.69) is 15.4 Å². The van der Waals surface area contributed by atoms with Gasteiger partial charge in [-0.25, -0.2) is 0 Å². The lowest BCUT2D eigenvalue weighted by Gasteiger charge is -2.11. The molecule has 20 heavy (non-hydrogen) atoms. The summed E-state index contributed by atoms with van der Waals surface area (Å²) in [5, 5.41) is 5.17. The molecular weight excluding hydrogens is 277 g/mol. The smallest absolute Gasteiger partial charge is 0.406 e. The molecule has 8 heteroatoms. The fraction of sp³-hybridized carbons (Fsp3) is 0.333. The van der Waals surface area contributed by atoms with Crippen molar-refractivity contribution in [2.24, 2.45) is 0 Å². The second kappa shape index (κ2) is 5.40. The van der Waals surface area contributed by atoms with Gasteiger partial charge in [0.1, 0.15) is 5.75 Å². The summed E-state index contributed by atoms with van der Waals surface area (Å²) in [6.07, 6.45) is -4.57. The number of hydrogen-bond acceptors (Lipinski definition) is 3. The maximum absolute atomic E-state index is 12.0. The van der Waals surface area contributed by atoms with Gasteiger partial charge >= 0.3 is 6.36 Å². The summed E-state index contributed by atoms with van der Waals surface area (Å²) in [7, 11) is 0. The summed E-state index contributed by atoms with van der Waals surface area (Å²) in [6.45, 7) is 0.347. The van der Waals surface area contributed by atoms with E-state index in [0.29, 0.717) is 6.54 Å². The van der Waals surface area contributed by atoms with Crippen LogP contribution in [0.1, 0.15) is 16.8 Å². The van der Waals surface area contributed by atoms with E-state index >= 15 is 0 Å². The Kier molecular flexibility index (Phi) is 3.82. The van der Waals surface area contributed by atoms with Crippen molar-refractivity contribution in [2.45, 2.75) is 18.8 Å². The van der Waals surface area contributed by atoms with Crippen LogP contribution in [0.5, 0.6) is 5.75 Å². The van der Waals surface area contributed by atoms with Gasteiger partial charge in [0.15, 0.2) is 0 Å². The van der Waals surface area contributed by atoms with E-state index in [9.17, 15) is 22.8 Å². The van der Waals surface area contributed by atoms with E-state index in [-0.39, 0.29) is 23.9 Å². The molecule has 0 aliphatic carbocycles. The van der Waals surface area contributed by atoms with Crippen LogP contribution in [0.4, 0.5) is 13.2 Å². The van der Waals surface area contributed by atoms with Crippen LogP contribution in [0.3, 0.4) is 0 Å². The minimum Gasteiger partial charge on any atom is -0.406 e. The molecule has 0 spiro atoms. The second-order valence-corrected chi connectivity index (χ2v) is 4.25. The molecule has 1 aromatic carbocycles. The summed E-state index contributed by atoms with van der Waals surface area (Å²) in [4.78, 5) is 22.8. The standard InChI is InChI=1S/C12H11F3N2O3/c13-12(14,15)20-9-3-1-7(2-4-9)11(19)17-8-5-10(18)16-6-8/h1-4,8H,5-6H2,(H,16,18)(H,17,19)/t8-/m0/s1.